The molecule has 0 saturated carbocycles. The molecule has 2 heterocycles. The molecule has 3 rings (SSSR count). The van der Waals surface area contributed by atoms with Crippen LogP contribution in [-0.2, 0) is 4.79 Å². The fourth-order valence-electron chi connectivity index (χ4n) is 2.58. The molecule has 0 unspecified atom stereocenters. The number of nitrogens with zero attached hydrogens (tertiary/aromatic N) is 3. The second kappa shape index (κ2) is 5.86. The van der Waals surface area contributed by atoms with Crippen molar-refractivity contribution in [3.05, 3.63) is 30.5 Å². The van der Waals surface area contributed by atoms with Crippen molar-refractivity contribution in [2.24, 2.45) is 0 Å². The van der Waals surface area contributed by atoms with Gasteiger partial charge >= 0.3 is 0 Å². The summed E-state index contributed by atoms with van der Waals surface area (Å²) in [6, 6.07) is 7.86. The Labute approximate surface area is 118 Å². The first-order chi connectivity index (χ1) is 9.84. The number of rotatable bonds is 4. The van der Waals surface area contributed by atoms with Gasteiger partial charge in [-0.15, -0.1) is 0 Å². The Morgan fingerprint density at radius 1 is 1.25 bits per heavy atom. The van der Waals surface area contributed by atoms with Crippen LogP contribution in [-0.4, -0.2) is 40.6 Å². The maximum absolute atomic E-state index is 12.0. The number of likely N-dealkylation sites (tertiary alicyclic amines) is 1. The predicted octanol–water partition coefficient (Wildman–Crippen LogP) is 2.05. The smallest absolute Gasteiger partial charge is 0.224 e. The van der Waals surface area contributed by atoms with Gasteiger partial charge in [-0.1, -0.05) is 18.2 Å². The lowest BCUT2D eigenvalue weighted by Gasteiger charge is -2.15. The van der Waals surface area contributed by atoms with Gasteiger partial charge in [-0.25, -0.2) is 0 Å². The van der Waals surface area contributed by atoms with Crippen molar-refractivity contribution in [2.75, 3.05) is 25.0 Å². The van der Waals surface area contributed by atoms with Crippen LogP contribution in [0.15, 0.2) is 30.5 Å². The van der Waals surface area contributed by atoms with Gasteiger partial charge in [-0.05, 0) is 18.9 Å². The number of nitrogens with one attached hydrogen (secondary N) is 1. The van der Waals surface area contributed by atoms with Gasteiger partial charge in [0.1, 0.15) is 0 Å². The monoisotopic (exact) mass is 270 g/mol. The fourth-order valence-corrected chi connectivity index (χ4v) is 2.58. The molecule has 5 heteroatoms. The highest BCUT2D eigenvalue weighted by Crippen LogP contribution is 2.19. The van der Waals surface area contributed by atoms with E-state index in [1.165, 1.54) is 0 Å². The Balaban J connectivity index is 1.61. The number of anilines is 1. The second-order valence-corrected chi connectivity index (χ2v) is 5.04. The number of hydrogen-bond acceptors (Lipinski definition) is 4. The zero-order valence-electron chi connectivity index (χ0n) is 11.4. The molecule has 5 nitrogen and oxygen atoms in total. The minimum absolute atomic E-state index is 0.237. The van der Waals surface area contributed by atoms with E-state index in [4.69, 9.17) is 0 Å². The molecule has 20 heavy (non-hydrogen) atoms. The molecular formula is C15H18N4O. The summed E-state index contributed by atoms with van der Waals surface area (Å²) in [5.74, 6) is 0.237. The molecule has 1 aromatic carbocycles. The number of fused-ring (bicyclic) bond motifs is 1. The zero-order chi connectivity index (χ0) is 13.8. The van der Waals surface area contributed by atoms with E-state index in [1.54, 1.807) is 6.20 Å². The molecule has 1 aliphatic heterocycles. The van der Waals surface area contributed by atoms with Crippen molar-refractivity contribution < 1.29 is 4.79 Å². The summed E-state index contributed by atoms with van der Waals surface area (Å²) in [5.41, 5.74) is 1.80. The molecule has 104 valence electrons. The van der Waals surface area contributed by atoms with Gasteiger partial charge in [0.15, 0.2) is 0 Å². The molecule has 1 aliphatic rings. The fraction of sp³-hybridized carbons (Fsp3) is 0.400. The van der Waals surface area contributed by atoms with Crippen LogP contribution in [0.25, 0.3) is 10.9 Å². The van der Waals surface area contributed by atoms with E-state index in [1.807, 2.05) is 29.2 Å². The van der Waals surface area contributed by atoms with Gasteiger partial charge < -0.3 is 10.2 Å². The average Bonchev–Trinajstić information content (AvgIpc) is 3.02. The Morgan fingerprint density at radius 3 is 2.90 bits per heavy atom. The summed E-state index contributed by atoms with van der Waals surface area (Å²) < 4.78 is 0. The molecule has 1 N–H and O–H groups in total. The quantitative estimate of drug-likeness (QED) is 0.924. The molecule has 0 spiro atoms. The lowest BCUT2D eigenvalue weighted by atomic mass is 10.2. The predicted molar refractivity (Wildman–Crippen MR) is 78.5 cm³/mol. The number of hydrogen-bond donors (Lipinski definition) is 1. The lowest BCUT2D eigenvalue weighted by molar-refractivity contribution is -0.129. The minimum atomic E-state index is 0.237. The van der Waals surface area contributed by atoms with E-state index in [-0.39, 0.29) is 5.91 Å². The Kier molecular flexibility index (Phi) is 3.76. The average molecular weight is 270 g/mol. The topological polar surface area (TPSA) is 58.1 Å². The van der Waals surface area contributed by atoms with E-state index < -0.39 is 0 Å². The van der Waals surface area contributed by atoms with Crippen molar-refractivity contribution in [1.29, 1.82) is 0 Å². The van der Waals surface area contributed by atoms with Crippen molar-refractivity contribution in [3.8, 4) is 0 Å². The Hall–Kier alpha value is -2.17. The standard InChI is InChI=1S/C15H18N4O/c20-15(19-9-3-4-10-19)7-8-16-14-11-17-18-13-6-2-1-5-12(13)14/h1-2,5-6,11H,3-4,7-10H2,(H,16,18). The summed E-state index contributed by atoms with van der Waals surface area (Å²) in [4.78, 5) is 13.9. The first-order valence-corrected chi connectivity index (χ1v) is 7.07. The molecule has 2 aromatic rings. The highest BCUT2D eigenvalue weighted by Gasteiger charge is 2.17. The Bertz CT molecular complexity index is 602. The Morgan fingerprint density at radius 2 is 2.05 bits per heavy atom. The van der Waals surface area contributed by atoms with Gasteiger partial charge in [-0.2, -0.15) is 10.2 Å². The lowest BCUT2D eigenvalue weighted by Crippen LogP contribution is -2.29. The molecule has 1 fully saturated rings. The van der Waals surface area contributed by atoms with E-state index >= 15 is 0 Å². The van der Waals surface area contributed by atoms with E-state index in [0.29, 0.717) is 13.0 Å². The third kappa shape index (κ3) is 2.71. The maximum Gasteiger partial charge on any atom is 0.224 e. The van der Waals surface area contributed by atoms with E-state index in [9.17, 15) is 4.79 Å². The SMILES string of the molecule is O=C(CCNc1cnnc2ccccc12)N1CCCC1. The maximum atomic E-state index is 12.0. The molecule has 0 atom stereocenters. The second-order valence-electron chi connectivity index (χ2n) is 5.04. The van der Waals surface area contributed by atoms with E-state index in [0.717, 1.165) is 42.5 Å². The van der Waals surface area contributed by atoms with Crippen molar-refractivity contribution >= 4 is 22.5 Å². The van der Waals surface area contributed by atoms with Crippen LogP contribution in [0.4, 0.5) is 5.69 Å². The first-order valence-electron chi connectivity index (χ1n) is 7.07. The zero-order valence-corrected chi connectivity index (χ0v) is 11.4. The van der Waals surface area contributed by atoms with Crippen LogP contribution in [0, 0.1) is 0 Å². The molecule has 0 bridgehead atoms. The van der Waals surface area contributed by atoms with Crippen molar-refractivity contribution in [1.82, 2.24) is 15.1 Å². The number of carbonyl (C=O) groups is 1. The summed E-state index contributed by atoms with van der Waals surface area (Å²) in [7, 11) is 0. The van der Waals surface area contributed by atoms with Crippen LogP contribution in [0.2, 0.25) is 0 Å². The summed E-state index contributed by atoms with van der Waals surface area (Å²) in [6.45, 7) is 2.46. The molecule has 1 amide bonds. The van der Waals surface area contributed by atoms with Crippen LogP contribution >= 0.6 is 0 Å². The minimum Gasteiger partial charge on any atom is -0.383 e. The van der Waals surface area contributed by atoms with Gasteiger partial charge in [0.2, 0.25) is 5.91 Å². The number of amides is 1. The van der Waals surface area contributed by atoms with Crippen LogP contribution in [0.3, 0.4) is 0 Å². The van der Waals surface area contributed by atoms with Crippen LogP contribution in [0.1, 0.15) is 19.3 Å². The number of carbonyl (C=O) groups excluding carboxylic acids is 1. The van der Waals surface area contributed by atoms with Crippen LogP contribution in [0.5, 0.6) is 0 Å². The summed E-state index contributed by atoms with van der Waals surface area (Å²) >= 11 is 0. The van der Waals surface area contributed by atoms with Gasteiger partial charge in [0, 0.05) is 31.4 Å². The largest absolute Gasteiger partial charge is 0.383 e. The summed E-state index contributed by atoms with van der Waals surface area (Å²) in [5, 5.41) is 12.4. The normalized spacial score (nSPS) is 14.7. The number of aromatic nitrogens is 2. The molecule has 0 radical (unpaired) electrons. The van der Waals surface area contributed by atoms with Gasteiger partial charge in [0.25, 0.3) is 0 Å². The molecule has 1 aromatic heterocycles. The summed E-state index contributed by atoms with van der Waals surface area (Å²) in [6.07, 6.45) is 4.51. The highest BCUT2D eigenvalue weighted by molar-refractivity contribution is 5.90. The van der Waals surface area contributed by atoms with Gasteiger partial charge in [-0.3, -0.25) is 4.79 Å². The van der Waals surface area contributed by atoms with Gasteiger partial charge in [0.05, 0.1) is 17.4 Å². The first kappa shape index (κ1) is 12.8. The molecule has 0 aliphatic carbocycles. The van der Waals surface area contributed by atoms with Crippen LogP contribution < -0.4 is 5.32 Å². The third-order valence-electron chi connectivity index (χ3n) is 3.66. The molecular weight excluding hydrogens is 252 g/mol. The number of benzene rings is 1. The molecule has 1 saturated heterocycles. The van der Waals surface area contributed by atoms with E-state index in [2.05, 4.69) is 15.5 Å². The van der Waals surface area contributed by atoms with Crippen molar-refractivity contribution in [2.45, 2.75) is 19.3 Å². The highest BCUT2D eigenvalue weighted by atomic mass is 16.2. The third-order valence-corrected chi connectivity index (χ3v) is 3.66. The van der Waals surface area contributed by atoms with Crippen molar-refractivity contribution in [3.63, 3.8) is 0 Å².